The number of aryl methyl sites for hydroxylation is 1. The Hall–Kier alpha value is -3.22. The van der Waals surface area contributed by atoms with E-state index in [1.165, 1.54) is 0 Å². The fraction of sp³-hybridized carbons (Fsp3) is 0.364. The number of ether oxygens (including phenoxy) is 2. The summed E-state index contributed by atoms with van der Waals surface area (Å²) in [7, 11) is 1.65. The van der Waals surface area contributed by atoms with Crippen LogP contribution in [0.1, 0.15) is 58.9 Å². The van der Waals surface area contributed by atoms with Crippen LogP contribution in [0.2, 0.25) is 0 Å². The third kappa shape index (κ3) is 4.29. The highest BCUT2D eigenvalue weighted by Gasteiger charge is 2.27. The van der Waals surface area contributed by atoms with Gasteiger partial charge in [0.1, 0.15) is 11.6 Å². The van der Waals surface area contributed by atoms with Crippen LogP contribution in [0.5, 0.6) is 5.75 Å². The van der Waals surface area contributed by atoms with Crippen molar-refractivity contribution in [1.29, 1.82) is 0 Å². The monoisotopic (exact) mass is 392 g/mol. The molecule has 7 nitrogen and oxygen atoms in total. The fourth-order valence-corrected chi connectivity index (χ4v) is 3.28. The molecule has 0 amide bonds. The van der Waals surface area contributed by atoms with Crippen LogP contribution in [-0.4, -0.2) is 39.2 Å². The lowest BCUT2D eigenvalue weighted by Gasteiger charge is -2.12. The van der Waals surface area contributed by atoms with Gasteiger partial charge in [-0.05, 0) is 50.5 Å². The molecule has 7 heteroatoms. The van der Waals surface area contributed by atoms with E-state index in [-0.39, 0.29) is 0 Å². The molecule has 1 fully saturated rings. The summed E-state index contributed by atoms with van der Waals surface area (Å²) >= 11 is 0. The first-order chi connectivity index (χ1) is 14.1. The summed E-state index contributed by atoms with van der Waals surface area (Å²) in [6.45, 7) is 4.06. The van der Waals surface area contributed by atoms with E-state index in [2.05, 4.69) is 9.97 Å². The van der Waals surface area contributed by atoms with Gasteiger partial charge in [-0.15, -0.1) is 0 Å². The van der Waals surface area contributed by atoms with Gasteiger partial charge in [-0.25, -0.2) is 19.7 Å². The largest absolute Gasteiger partial charge is 0.495 e. The summed E-state index contributed by atoms with van der Waals surface area (Å²) in [6.07, 6.45) is 6.43. The number of hydrogen-bond donors (Lipinski definition) is 0. The van der Waals surface area contributed by atoms with Gasteiger partial charge in [-0.2, -0.15) is 0 Å². The summed E-state index contributed by atoms with van der Waals surface area (Å²) in [5.74, 6) is 1.38. The maximum atomic E-state index is 12.2. The van der Waals surface area contributed by atoms with Crippen molar-refractivity contribution in [2.45, 2.75) is 39.0 Å². The van der Waals surface area contributed by atoms with Gasteiger partial charge in [0.05, 0.1) is 31.4 Å². The SMILES string of the molecule is CCOC(=O)c1cc(C2CC2)nc(Cc2ccc(-n3cnc(C)c3)c(OC)c2)n1. The summed E-state index contributed by atoms with van der Waals surface area (Å²) in [5.41, 5.74) is 4.11. The number of nitrogens with zero attached hydrogens (tertiary/aromatic N) is 4. The van der Waals surface area contributed by atoms with Crippen molar-refractivity contribution in [2.24, 2.45) is 0 Å². The third-order valence-electron chi connectivity index (χ3n) is 4.87. The van der Waals surface area contributed by atoms with Crippen molar-refractivity contribution in [1.82, 2.24) is 19.5 Å². The predicted octanol–water partition coefficient (Wildman–Crippen LogP) is 3.62. The van der Waals surface area contributed by atoms with Crippen molar-refractivity contribution in [3.8, 4) is 11.4 Å². The van der Waals surface area contributed by atoms with Crippen LogP contribution in [0.15, 0.2) is 36.8 Å². The minimum atomic E-state index is -0.401. The fourth-order valence-electron chi connectivity index (χ4n) is 3.28. The minimum absolute atomic E-state index is 0.323. The van der Waals surface area contributed by atoms with E-state index >= 15 is 0 Å². The molecule has 0 N–H and O–H groups in total. The molecule has 3 aromatic rings. The first-order valence-corrected chi connectivity index (χ1v) is 9.80. The molecule has 0 bridgehead atoms. The molecule has 2 heterocycles. The Bertz CT molecular complexity index is 1040. The van der Waals surface area contributed by atoms with E-state index in [1.54, 1.807) is 26.4 Å². The van der Waals surface area contributed by atoms with Crippen LogP contribution in [0.4, 0.5) is 0 Å². The lowest BCUT2D eigenvalue weighted by molar-refractivity contribution is 0.0518. The lowest BCUT2D eigenvalue weighted by Crippen LogP contribution is -2.12. The van der Waals surface area contributed by atoms with Gasteiger partial charge in [-0.1, -0.05) is 6.07 Å². The molecule has 29 heavy (non-hydrogen) atoms. The molecule has 1 aliphatic carbocycles. The van der Waals surface area contributed by atoms with E-state index < -0.39 is 5.97 Å². The number of benzene rings is 1. The molecule has 0 aliphatic heterocycles. The number of carbonyl (C=O) groups is 1. The molecule has 0 radical (unpaired) electrons. The lowest BCUT2D eigenvalue weighted by atomic mass is 10.1. The van der Waals surface area contributed by atoms with Crippen LogP contribution in [0.25, 0.3) is 5.69 Å². The van der Waals surface area contributed by atoms with Crippen LogP contribution in [0.3, 0.4) is 0 Å². The number of rotatable bonds is 7. The van der Waals surface area contributed by atoms with Crippen molar-refractivity contribution in [3.63, 3.8) is 0 Å². The molecule has 0 saturated heterocycles. The zero-order valence-electron chi connectivity index (χ0n) is 16.9. The quantitative estimate of drug-likeness (QED) is 0.572. The highest BCUT2D eigenvalue weighted by molar-refractivity contribution is 5.87. The average Bonchev–Trinajstić information content (AvgIpc) is 3.49. The second-order valence-electron chi connectivity index (χ2n) is 7.19. The van der Waals surface area contributed by atoms with Gasteiger partial charge in [0, 0.05) is 24.2 Å². The van der Waals surface area contributed by atoms with Gasteiger partial charge >= 0.3 is 5.97 Å². The van der Waals surface area contributed by atoms with E-state index in [0.29, 0.717) is 30.5 Å². The molecule has 1 aromatic carbocycles. The summed E-state index contributed by atoms with van der Waals surface area (Å²) in [4.78, 5) is 25.6. The standard InChI is InChI=1S/C22H24N4O3/c1-4-29-22(27)18-11-17(16-6-7-16)24-21(25-18)10-15-5-8-19(20(9-15)28-3)26-12-14(2)23-13-26/h5,8-9,11-13,16H,4,6-7,10H2,1-3H3. The molecule has 2 aromatic heterocycles. The number of carbonyl (C=O) groups excluding carboxylic acids is 1. The van der Waals surface area contributed by atoms with E-state index in [1.807, 2.05) is 35.9 Å². The second kappa shape index (κ2) is 8.03. The molecule has 4 rings (SSSR count). The number of methoxy groups -OCH3 is 1. The van der Waals surface area contributed by atoms with Gasteiger partial charge < -0.3 is 14.0 Å². The Morgan fingerprint density at radius 1 is 1.24 bits per heavy atom. The summed E-state index contributed by atoms with van der Waals surface area (Å²) < 4.78 is 12.7. The highest BCUT2D eigenvalue weighted by Crippen LogP contribution is 2.39. The van der Waals surface area contributed by atoms with Gasteiger partial charge in [0.25, 0.3) is 0 Å². The molecule has 1 aliphatic rings. The summed E-state index contributed by atoms with van der Waals surface area (Å²) in [6, 6.07) is 7.75. The van der Waals surface area contributed by atoms with Gasteiger partial charge in [0.2, 0.25) is 0 Å². The normalized spacial score (nSPS) is 13.3. The minimum Gasteiger partial charge on any atom is -0.495 e. The molecular formula is C22H24N4O3. The molecule has 1 saturated carbocycles. The second-order valence-corrected chi connectivity index (χ2v) is 7.19. The van der Waals surface area contributed by atoms with Crippen molar-refractivity contribution < 1.29 is 14.3 Å². The zero-order chi connectivity index (χ0) is 20.4. The van der Waals surface area contributed by atoms with E-state index in [4.69, 9.17) is 14.5 Å². The van der Waals surface area contributed by atoms with Crippen molar-refractivity contribution >= 4 is 5.97 Å². The Labute approximate surface area is 169 Å². The van der Waals surface area contributed by atoms with Crippen LogP contribution < -0.4 is 4.74 Å². The maximum Gasteiger partial charge on any atom is 0.357 e. The third-order valence-corrected chi connectivity index (χ3v) is 4.87. The van der Waals surface area contributed by atoms with Crippen LogP contribution in [-0.2, 0) is 11.2 Å². The molecule has 150 valence electrons. The number of imidazole rings is 1. The molecular weight excluding hydrogens is 368 g/mol. The molecule has 0 unspecified atom stereocenters. The Morgan fingerprint density at radius 2 is 2.07 bits per heavy atom. The summed E-state index contributed by atoms with van der Waals surface area (Å²) in [5, 5.41) is 0. The average molecular weight is 392 g/mol. The first-order valence-electron chi connectivity index (χ1n) is 9.80. The van der Waals surface area contributed by atoms with Crippen molar-refractivity contribution in [3.05, 3.63) is 65.3 Å². The zero-order valence-corrected chi connectivity index (χ0v) is 16.9. The molecule has 0 atom stereocenters. The molecule has 0 spiro atoms. The van der Waals surface area contributed by atoms with Gasteiger partial charge in [0.15, 0.2) is 5.69 Å². The van der Waals surface area contributed by atoms with Gasteiger partial charge in [-0.3, -0.25) is 0 Å². The predicted molar refractivity (Wildman–Crippen MR) is 108 cm³/mol. The van der Waals surface area contributed by atoms with E-state index in [0.717, 1.165) is 41.2 Å². The maximum absolute atomic E-state index is 12.2. The topological polar surface area (TPSA) is 79.1 Å². The Morgan fingerprint density at radius 3 is 2.72 bits per heavy atom. The van der Waals surface area contributed by atoms with Crippen LogP contribution >= 0.6 is 0 Å². The van der Waals surface area contributed by atoms with E-state index in [9.17, 15) is 4.79 Å². The first kappa shape index (κ1) is 19.1. The van der Waals surface area contributed by atoms with Crippen LogP contribution in [0, 0.1) is 6.92 Å². The smallest absolute Gasteiger partial charge is 0.357 e. The number of hydrogen-bond acceptors (Lipinski definition) is 6. The number of esters is 1. The number of aromatic nitrogens is 4. The highest BCUT2D eigenvalue weighted by atomic mass is 16.5. The Kier molecular flexibility index (Phi) is 5.29. The Balaban J connectivity index is 1.64. The van der Waals surface area contributed by atoms with Crippen molar-refractivity contribution in [2.75, 3.05) is 13.7 Å².